The van der Waals surface area contributed by atoms with Gasteiger partial charge in [0.1, 0.15) is 6.54 Å². The SMILES string of the molecule is O=C(CN(C(=O)c1ccc2cc[nH]c2c1)c1ccccc1)N1CCC(CN2CCC(COC(=O)C(F)(F)F)CC2)CC1. The maximum atomic E-state index is 13.6. The number of hydrogen-bond acceptors (Lipinski definition) is 5. The molecule has 0 atom stereocenters. The van der Waals surface area contributed by atoms with Crippen LogP contribution in [0.4, 0.5) is 18.9 Å². The molecule has 0 unspecified atom stereocenters. The van der Waals surface area contributed by atoms with Gasteiger partial charge in [0, 0.05) is 42.6 Å². The minimum Gasteiger partial charge on any atom is -0.459 e. The van der Waals surface area contributed by atoms with E-state index in [1.807, 2.05) is 59.6 Å². The predicted molar refractivity (Wildman–Crippen MR) is 152 cm³/mol. The van der Waals surface area contributed by atoms with Crippen molar-refractivity contribution in [2.24, 2.45) is 11.8 Å². The van der Waals surface area contributed by atoms with Crippen LogP contribution in [0.1, 0.15) is 36.0 Å². The molecule has 224 valence electrons. The molecule has 0 spiro atoms. The molecule has 0 bridgehead atoms. The fourth-order valence-corrected chi connectivity index (χ4v) is 5.80. The van der Waals surface area contributed by atoms with Gasteiger partial charge in [-0.25, -0.2) is 4.79 Å². The fourth-order valence-electron chi connectivity index (χ4n) is 5.80. The van der Waals surface area contributed by atoms with E-state index in [1.54, 1.807) is 6.07 Å². The highest BCUT2D eigenvalue weighted by Gasteiger charge is 2.41. The molecule has 0 saturated carbocycles. The Labute approximate surface area is 242 Å². The highest BCUT2D eigenvalue weighted by atomic mass is 19.4. The predicted octanol–water partition coefficient (Wildman–Crippen LogP) is 4.87. The first-order valence-corrected chi connectivity index (χ1v) is 14.4. The molecule has 2 saturated heterocycles. The van der Waals surface area contributed by atoms with Crippen LogP contribution in [0.5, 0.6) is 0 Å². The van der Waals surface area contributed by atoms with Crippen LogP contribution in [0.3, 0.4) is 0 Å². The van der Waals surface area contributed by atoms with Crippen molar-refractivity contribution in [3.8, 4) is 0 Å². The third kappa shape index (κ3) is 7.31. The van der Waals surface area contributed by atoms with Crippen LogP contribution in [0.2, 0.25) is 0 Å². The lowest BCUT2D eigenvalue weighted by Crippen LogP contribution is -2.47. The number of H-pyrrole nitrogens is 1. The van der Waals surface area contributed by atoms with Gasteiger partial charge in [-0.15, -0.1) is 0 Å². The Hall–Kier alpha value is -3.86. The van der Waals surface area contributed by atoms with Crippen LogP contribution in [-0.4, -0.2) is 84.6 Å². The van der Waals surface area contributed by atoms with Gasteiger partial charge in [-0.05, 0) is 86.3 Å². The summed E-state index contributed by atoms with van der Waals surface area (Å²) in [6.45, 7) is 3.33. The number of nitrogens with one attached hydrogen (secondary N) is 1. The minimum atomic E-state index is -4.95. The van der Waals surface area contributed by atoms with Crippen molar-refractivity contribution in [3.05, 3.63) is 66.4 Å². The quantitative estimate of drug-likeness (QED) is 0.382. The number of aromatic nitrogens is 1. The molecule has 2 aliphatic heterocycles. The van der Waals surface area contributed by atoms with Crippen molar-refractivity contribution in [2.75, 3.05) is 50.8 Å². The summed E-state index contributed by atoms with van der Waals surface area (Å²) in [5.41, 5.74) is 2.02. The number of benzene rings is 2. The Bertz CT molecular complexity index is 1380. The molecular weight excluding hydrogens is 549 g/mol. The number of carbonyl (C=O) groups excluding carboxylic acids is 3. The summed E-state index contributed by atoms with van der Waals surface area (Å²) >= 11 is 0. The second kappa shape index (κ2) is 13.0. The summed E-state index contributed by atoms with van der Waals surface area (Å²) in [7, 11) is 0. The normalized spacial score (nSPS) is 17.4. The number of alkyl halides is 3. The van der Waals surface area contributed by atoms with E-state index in [1.165, 1.54) is 4.90 Å². The Morgan fingerprint density at radius 3 is 2.29 bits per heavy atom. The van der Waals surface area contributed by atoms with Crippen molar-refractivity contribution in [3.63, 3.8) is 0 Å². The zero-order valence-corrected chi connectivity index (χ0v) is 23.3. The molecule has 11 heteroatoms. The number of amides is 2. The number of ether oxygens (including phenoxy) is 1. The van der Waals surface area contributed by atoms with Gasteiger partial charge in [0.05, 0.1) is 6.61 Å². The number of carbonyl (C=O) groups is 3. The lowest BCUT2D eigenvalue weighted by molar-refractivity contribution is -0.201. The van der Waals surface area contributed by atoms with Crippen LogP contribution in [0, 0.1) is 11.8 Å². The van der Waals surface area contributed by atoms with Gasteiger partial charge in [0.15, 0.2) is 0 Å². The Kier molecular flexibility index (Phi) is 9.15. The number of fused-ring (bicyclic) bond motifs is 1. The summed E-state index contributed by atoms with van der Waals surface area (Å²) in [5, 5.41) is 1.01. The van der Waals surface area contributed by atoms with Crippen LogP contribution >= 0.6 is 0 Å². The topological polar surface area (TPSA) is 86.0 Å². The average Bonchev–Trinajstić information content (AvgIpc) is 3.47. The van der Waals surface area contributed by atoms with Crippen molar-refractivity contribution in [1.82, 2.24) is 14.8 Å². The summed E-state index contributed by atoms with van der Waals surface area (Å²) in [5.74, 6) is -2.11. The molecule has 2 fully saturated rings. The molecule has 0 aliphatic carbocycles. The molecule has 42 heavy (non-hydrogen) atoms. The number of aromatic amines is 1. The highest BCUT2D eigenvalue weighted by Crippen LogP contribution is 2.25. The molecule has 2 aliphatic rings. The van der Waals surface area contributed by atoms with Gasteiger partial charge >= 0.3 is 12.1 Å². The van der Waals surface area contributed by atoms with E-state index in [4.69, 9.17) is 0 Å². The van der Waals surface area contributed by atoms with Crippen molar-refractivity contribution < 1.29 is 32.3 Å². The Morgan fingerprint density at radius 2 is 1.60 bits per heavy atom. The number of para-hydroxylation sites is 1. The zero-order valence-electron chi connectivity index (χ0n) is 23.3. The number of likely N-dealkylation sites (tertiary alicyclic amines) is 2. The first kappa shape index (κ1) is 29.6. The minimum absolute atomic E-state index is 0.0529. The number of piperidine rings is 2. The summed E-state index contributed by atoms with van der Waals surface area (Å²) < 4.78 is 41.5. The molecule has 1 N–H and O–H groups in total. The Morgan fingerprint density at radius 1 is 0.905 bits per heavy atom. The molecule has 3 heterocycles. The lowest BCUT2D eigenvalue weighted by atomic mass is 9.93. The maximum Gasteiger partial charge on any atom is 0.490 e. The van der Waals surface area contributed by atoms with Gasteiger partial charge in [-0.1, -0.05) is 24.3 Å². The molecule has 2 aromatic carbocycles. The van der Waals surface area contributed by atoms with Crippen LogP contribution in [0.25, 0.3) is 10.9 Å². The van der Waals surface area contributed by atoms with Crippen molar-refractivity contribution in [1.29, 1.82) is 0 Å². The summed E-state index contributed by atoms with van der Waals surface area (Å²) in [6.07, 6.45) is -0.0750. The summed E-state index contributed by atoms with van der Waals surface area (Å²) in [6, 6.07) is 16.6. The molecular formula is C31H35F3N4O4. The second-order valence-electron chi connectivity index (χ2n) is 11.2. The largest absolute Gasteiger partial charge is 0.490 e. The molecule has 0 radical (unpaired) electrons. The van der Waals surface area contributed by atoms with E-state index >= 15 is 0 Å². The third-order valence-corrected chi connectivity index (χ3v) is 8.28. The third-order valence-electron chi connectivity index (χ3n) is 8.28. The van der Waals surface area contributed by atoms with Crippen LogP contribution in [0.15, 0.2) is 60.8 Å². The van der Waals surface area contributed by atoms with E-state index in [2.05, 4.69) is 14.6 Å². The van der Waals surface area contributed by atoms with E-state index in [0.29, 0.717) is 43.1 Å². The van der Waals surface area contributed by atoms with E-state index < -0.39 is 12.1 Å². The molecule has 2 amide bonds. The first-order chi connectivity index (χ1) is 20.2. The summed E-state index contributed by atoms with van der Waals surface area (Å²) in [4.78, 5) is 46.8. The van der Waals surface area contributed by atoms with Gasteiger partial charge in [0.2, 0.25) is 5.91 Å². The van der Waals surface area contributed by atoms with E-state index in [0.717, 1.165) is 43.4 Å². The average molecular weight is 585 g/mol. The number of nitrogens with zero attached hydrogens (tertiary/aromatic N) is 3. The van der Waals surface area contributed by atoms with Gasteiger partial charge in [-0.3, -0.25) is 14.5 Å². The lowest BCUT2D eigenvalue weighted by Gasteiger charge is -2.38. The fraction of sp³-hybridized carbons (Fsp3) is 0.452. The molecule has 8 nitrogen and oxygen atoms in total. The van der Waals surface area contributed by atoms with E-state index in [-0.39, 0.29) is 30.9 Å². The Balaban J connectivity index is 1.11. The molecule has 1 aromatic heterocycles. The number of esters is 1. The smallest absolute Gasteiger partial charge is 0.459 e. The first-order valence-electron chi connectivity index (χ1n) is 14.4. The highest BCUT2D eigenvalue weighted by molar-refractivity contribution is 6.10. The zero-order chi connectivity index (χ0) is 29.7. The molecule has 3 aromatic rings. The van der Waals surface area contributed by atoms with Crippen molar-refractivity contribution in [2.45, 2.75) is 31.9 Å². The molecule has 5 rings (SSSR count). The van der Waals surface area contributed by atoms with Crippen molar-refractivity contribution >= 4 is 34.4 Å². The van der Waals surface area contributed by atoms with Gasteiger partial charge in [0.25, 0.3) is 5.91 Å². The van der Waals surface area contributed by atoms with Crippen LogP contribution in [-0.2, 0) is 14.3 Å². The number of anilines is 1. The second-order valence-corrected chi connectivity index (χ2v) is 11.2. The standard InChI is InChI=1S/C31H35F3N4O4/c32-31(33,34)30(41)42-21-23-9-14-36(15-10-23)19-22-11-16-37(17-12-22)28(39)20-38(26-4-2-1-3-5-26)29(40)25-7-6-24-8-13-35-27(24)18-25/h1-8,13,18,22-23,35H,9-12,14-17,19-21H2. The number of rotatable bonds is 8. The number of halogens is 3. The monoisotopic (exact) mass is 584 g/mol. The van der Waals surface area contributed by atoms with Gasteiger partial charge < -0.3 is 19.5 Å². The van der Waals surface area contributed by atoms with Crippen LogP contribution < -0.4 is 4.90 Å². The van der Waals surface area contributed by atoms with E-state index in [9.17, 15) is 27.6 Å². The maximum absolute atomic E-state index is 13.6. The number of hydrogen-bond donors (Lipinski definition) is 1. The van der Waals surface area contributed by atoms with Gasteiger partial charge in [-0.2, -0.15) is 13.2 Å².